The van der Waals surface area contributed by atoms with Gasteiger partial charge in [-0.15, -0.1) is 0 Å². The molecule has 1 aromatic carbocycles. The topological polar surface area (TPSA) is 78.1 Å². The normalized spacial score (nSPS) is 13.7. The molecule has 1 aromatic heterocycles. The molecule has 2 N–H and O–H groups in total. The molecule has 2 aromatic rings. The highest BCUT2D eigenvalue weighted by Gasteiger charge is 2.23. The number of para-hydroxylation sites is 1. The van der Waals surface area contributed by atoms with E-state index >= 15 is 0 Å². The number of carbonyl (C=O) groups excluding carboxylic acids is 1. The molecular formula is C14H13ClN4O2. The molecule has 0 aliphatic carbocycles. The van der Waals surface area contributed by atoms with E-state index in [4.69, 9.17) is 11.6 Å². The third-order valence-electron chi connectivity index (χ3n) is 3.41. The third kappa shape index (κ3) is 2.75. The Balaban J connectivity index is 1.76. The van der Waals surface area contributed by atoms with Crippen LogP contribution in [0.3, 0.4) is 0 Å². The fraction of sp³-hybridized carbons (Fsp3) is 0.214. The zero-order valence-corrected chi connectivity index (χ0v) is 11.9. The van der Waals surface area contributed by atoms with Crippen LogP contribution in [0.2, 0.25) is 5.02 Å². The van der Waals surface area contributed by atoms with Crippen molar-refractivity contribution in [1.82, 2.24) is 14.9 Å². The fourth-order valence-corrected chi connectivity index (χ4v) is 2.48. The molecule has 7 heteroatoms. The molecule has 0 atom stereocenters. The SMILES string of the molecule is O=C(Nc1ccccc1Cl)N1CCc2c(nc[nH]c2=O)C1. The molecule has 21 heavy (non-hydrogen) atoms. The lowest BCUT2D eigenvalue weighted by molar-refractivity contribution is 0.205. The van der Waals surface area contributed by atoms with Crippen LogP contribution >= 0.6 is 11.6 Å². The van der Waals surface area contributed by atoms with Gasteiger partial charge in [-0.25, -0.2) is 9.78 Å². The van der Waals surface area contributed by atoms with E-state index < -0.39 is 0 Å². The molecule has 108 valence electrons. The van der Waals surface area contributed by atoms with Gasteiger partial charge in [0, 0.05) is 12.1 Å². The van der Waals surface area contributed by atoms with Crippen LogP contribution in [-0.2, 0) is 13.0 Å². The number of anilines is 1. The number of carbonyl (C=O) groups is 1. The van der Waals surface area contributed by atoms with Crippen LogP contribution in [0.25, 0.3) is 0 Å². The Morgan fingerprint density at radius 2 is 2.19 bits per heavy atom. The van der Waals surface area contributed by atoms with Crippen molar-refractivity contribution < 1.29 is 4.79 Å². The van der Waals surface area contributed by atoms with E-state index in [0.29, 0.717) is 41.5 Å². The zero-order valence-electron chi connectivity index (χ0n) is 11.1. The summed E-state index contributed by atoms with van der Waals surface area (Å²) >= 11 is 6.02. The minimum atomic E-state index is -0.254. The lowest BCUT2D eigenvalue weighted by Crippen LogP contribution is -2.41. The molecule has 0 saturated carbocycles. The van der Waals surface area contributed by atoms with Crippen LogP contribution in [-0.4, -0.2) is 27.4 Å². The van der Waals surface area contributed by atoms with Crippen LogP contribution in [0.4, 0.5) is 10.5 Å². The number of aromatic nitrogens is 2. The number of nitrogens with one attached hydrogen (secondary N) is 2. The number of fused-ring (bicyclic) bond motifs is 1. The van der Waals surface area contributed by atoms with E-state index in [2.05, 4.69) is 15.3 Å². The summed E-state index contributed by atoms with van der Waals surface area (Å²) in [5.74, 6) is 0. The van der Waals surface area contributed by atoms with Crippen molar-refractivity contribution in [3.05, 3.63) is 57.2 Å². The lowest BCUT2D eigenvalue weighted by atomic mass is 10.1. The van der Waals surface area contributed by atoms with Crippen molar-refractivity contribution in [3.63, 3.8) is 0 Å². The second-order valence-corrected chi connectivity index (χ2v) is 5.15. The Morgan fingerprint density at radius 1 is 1.38 bits per heavy atom. The van der Waals surface area contributed by atoms with E-state index in [1.165, 1.54) is 6.33 Å². The van der Waals surface area contributed by atoms with Crippen LogP contribution < -0.4 is 10.9 Å². The molecule has 3 rings (SSSR count). The summed E-state index contributed by atoms with van der Waals surface area (Å²) in [6.07, 6.45) is 1.85. The summed E-state index contributed by atoms with van der Waals surface area (Å²) in [4.78, 5) is 32.2. The number of H-pyrrole nitrogens is 1. The number of aromatic amines is 1. The second kappa shape index (κ2) is 5.57. The number of hydrogen-bond acceptors (Lipinski definition) is 3. The molecule has 0 fully saturated rings. The van der Waals surface area contributed by atoms with Gasteiger partial charge in [0.1, 0.15) is 0 Å². The molecule has 0 saturated heterocycles. The fourth-order valence-electron chi connectivity index (χ4n) is 2.30. The van der Waals surface area contributed by atoms with Gasteiger partial charge in [0.25, 0.3) is 5.56 Å². The maximum absolute atomic E-state index is 12.3. The molecule has 1 aliphatic heterocycles. The van der Waals surface area contributed by atoms with Crippen molar-refractivity contribution >= 4 is 23.3 Å². The lowest BCUT2D eigenvalue weighted by Gasteiger charge is -2.27. The Labute approximate surface area is 125 Å². The Morgan fingerprint density at radius 3 is 3.00 bits per heavy atom. The smallest absolute Gasteiger partial charge is 0.318 e. The maximum Gasteiger partial charge on any atom is 0.322 e. The van der Waals surface area contributed by atoms with Gasteiger partial charge in [0.2, 0.25) is 0 Å². The average molecular weight is 305 g/mol. The summed E-state index contributed by atoms with van der Waals surface area (Å²) in [6, 6.07) is 6.79. The van der Waals surface area contributed by atoms with Crippen LogP contribution in [0.15, 0.2) is 35.4 Å². The standard InChI is InChI=1S/C14H13ClN4O2/c15-10-3-1-2-4-11(10)18-14(21)19-6-5-9-12(7-19)16-8-17-13(9)20/h1-4,8H,5-7H2,(H,18,21)(H,16,17,20). The summed E-state index contributed by atoms with van der Waals surface area (Å²) in [5.41, 5.74) is 1.72. The van der Waals surface area contributed by atoms with Gasteiger partial charge in [-0.1, -0.05) is 23.7 Å². The number of urea groups is 1. The van der Waals surface area contributed by atoms with E-state index in [1.807, 2.05) is 0 Å². The Hall–Kier alpha value is -2.34. The minimum absolute atomic E-state index is 0.133. The highest BCUT2D eigenvalue weighted by atomic mass is 35.5. The molecule has 0 radical (unpaired) electrons. The van der Waals surface area contributed by atoms with Crippen LogP contribution in [0, 0.1) is 0 Å². The molecule has 6 nitrogen and oxygen atoms in total. The summed E-state index contributed by atoms with van der Waals surface area (Å²) in [6.45, 7) is 0.785. The number of nitrogens with zero attached hydrogens (tertiary/aromatic N) is 2. The number of hydrogen-bond donors (Lipinski definition) is 2. The van der Waals surface area contributed by atoms with Crippen molar-refractivity contribution in [2.24, 2.45) is 0 Å². The number of rotatable bonds is 1. The molecular weight excluding hydrogens is 292 g/mol. The first-order chi connectivity index (χ1) is 10.1. The van der Waals surface area contributed by atoms with Gasteiger partial charge < -0.3 is 15.2 Å². The number of benzene rings is 1. The Kier molecular flexibility index (Phi) is 3.62. The summed E-state index contributed by atoms with van der Waals surface area (Å²) in [7, 11) is 0. The molecule has 0 spiro atoms. The first-order valence-corrected chi connectivity index (χ1v) is 6.89. The quantitative estimate of drug-likeness (QED) is 0.846. The summed E-state index contributed by atoms with van der Waals surface area (Å²) < 4.78 is 0. The van der Waals surface area contributed by atoms with E-state index in [0.717, 1.165) is 0 Å². The van der Waals surface area contributed by atoms with Gasteiger partial charge in [-0.3, -0.25) is 4.79 Å². The van der Waals surface area contributed by atoms with Crippen LogP contribution in [0.1, 0.15) is 11.3 Å². The first kappa shape index (κ1) is 13.6. The Bertz CT molecular complexity index is 744. The maximum atomic E-state index is 12.3. The van der Waals surface area contributed by atoms with E-state index in [1.54, 1.807) is 29.2 Å². The van der Waals surface area contributed by atoms with Gasteiger partial charge in [0.15, 0.2) is 0 Å². The van der Waals surface area contributed by atoms with Gasteiger partial charge in [-0.2, -0.15) is 0 Å². The molecule has 1 aliphatic rings. The van der Waals surface area contributed by atoms with Crippen LogP contribution in [0.5, 0.6) is 0 Å². The predicted octanol–water partition coefficient (Wildman–Crippen LogP) is 2.01. The summed E-state index contributed by atoms with van der Waals surface area (Å²) in [5, 5.41) is 3.25. The molecule has 2 amide bonds. The first-order valence-electron chi connectivity index (χ1n) is 6.51. The number of halogens is 1. The zero-order chi connectivity index (χ0) is 14.8. The van der Waals surface area contributed by atoms with Crippen molar-refractivity contribution in [1.29, 1.82) is 0 Å². The third-order valence-corrected chi connectivity index (χ3v) is 3.74. The van der Waals surface area contributed by atoms with Gasteiger partial charge in [-0.05, 0) is 18.6 Å². The minimum Gasteiger partial charge on any atom is -0.318 e. The van der Waals surface area contributed by atoms with Gasteiger partial charge in [0.05, 0.1) is 29.3 Å². The second-order valence-electron chi connectivity index (χ2n) is 4.74. The van der Waals surface area contributed by atoms with Crippen molar-refractivity contribution in [2.75, 3.05) is 11.9 Å². The van der Waals surface area contributed by atoms with E-state index in [9.17, 15) is 9.59 Å². The molecule has 0 bridgehead atoms. The highest BCUT2D eigenvalue weighted by Crippen LogP contribution is 2.21. The van der Waals surface area contributed by atoms with Crippen molar-refractivity contribution in [2.45, 2.75) is 13.0 Å². The highest BCUT2D eigenvalue weighted by molar-refractivity contribution is 6.33. The van der Waals surface area contributed by atoms with Gasteiger partial charge >= 0.3 is 6.03 Å². The van der Waals surface area contributed by atoms with E-state index in [-0.39, 0.29) is 11.6 Å². The van der Waals surface area contributed by atoms with Crippen molar-refractivity contribution in [3.8, 4) is 0 Å². The predicted molar refractivity (Wildman–Crippen MR) is 79.4 cm³/mol. The monoisotopic (exact) mass is 304 g/mol. The average Bonchev–Trinajstić information content (AvgIpc) is 2.49. The largest absolute Gasteiger partial charge is 0.322 e. The molecule has 2 heterocycles. The number of amides is 2. The molecule has 0 unspecified atom stereocenters.